The number of unbranched alkanes of at least 4 members (excludes halogenated alkanes) is 2. The number of carbonyl (C=O) groups is 2. The van der Waals surface area contributed by atoms with Crippen molar-refractivity contribution in [3.63, 3.8) is 0 Å². The molecule has 0 aromatic heterocycles. The molecule has 0 atom stereocenters. The lowest BCUT2D eigenvalue weighted by molar-refractivity contribution is -0.139. The fourth-order valence-electron chi connectivity index (χ4n) is 0.878. The average Bonchev–Trinajstić information content (AvgIpc) is 2.44. The molecular formula is C15H26O5. The molecule has 0 rings (SSSR count). The number of esters is 2. The zero-order chi connectivity index (χ0) is 15.8. The van der Waals surface area contributed by atoms with E-state index in [4.69, 9.17) is 9.84 Å². The third-order valence-corrected chi connectivity index (χ3v) is 2.04. The number of aliphatic hydroxyl groups is 1. The molecule has 0 aliphatic heterocycles. The van der Waals surface area contributed by atoms with Crippen molar-refractivity contribution in [3.8, 4) is 0 Å². The summed E-state index contributed by atoms with van der Waals surface area (Å²) < 4.78 is 9.43. The van der Waals surface area contributed by atoms with E-state index in [2.05, 4.69) is 24.8 Å². The van der Waals surface area contributed by atoms with Gasteiger partial charge >= 0.3 is 11.9 Å². The Labute approximate surface area is 121 Å². The standard InChI is InChI=1S/C8H14O2.C7H12O3/c1-4-5-6-10-8(9)7(2)3;1-2-7(9)10-6-4-3-5-8/h2,4-6H2,1,3H3;2,8H,1,3-6H2. The molecule has 5 nitrogen and oxygen atoms in total. The Hall–Kier alpha value is -1.62. The van der Waals surface area contributed by atoms with Crippen LogP contribution in [-0.2, 0) is 19.1 Å². The Balaban J connectivity index is 0. The molecule has 0 heterocycles. The molecule has 0 aromatic rings. The monoisotopic (exact) mass is 286 g/mol. The van der Waals surface area contributed by atoms with Crippen molar-refractivity contribution in [2.24, 2.45) is 0 Å². The molecule has 0 amide bonds. The van der Waals surface area contributed by atoms with Crippen LogP contribution >= 0.6 is 0 Å². The quantitative estimate of drug-likeness (QED) is 0.400. The van der Waals surface area contributed by atoms with Crippen LogP contribution in [-0.4, -0.2) is 36.9 Å². The first-order chi connectivity index (χ1) is 9.49. The Bertz CT molecular complexity index is 295. The molecule has 5 heteroatoms. The van der Waals surface area contributed by atoms with Gasteiger partial charge in [0.1, 0.15) is 0 Å². The molecule has 0 saturated carbocycles. The zero-order valence-electron chi connectivity index (χ0n) is 12.5. The lowest BCUT2D eigenvalue weighted by Crippen LogP contribution is -2.05. The number of hydrogen-bond donors (Lipinski definition) is 1. The normalized spacial score (nSPS) is 8.95. The number of ether oxygens (including phenoxy) is 2. The molecule has 0 aromatic carbocycles. The van der Waals surface area contributed by atoms with E-state index in [9.17, 15) is 9.59 Å². The molecule has 0 fully saturated rings. The number of rotatable bonds is 9. The van der Waals surface area contributed by atoms with Gasteiger partial charge in [0.15, 0.2) is 0 Å². The van der Waals surface area contributed by atoms with Crippen LogP contribution in [0.25, 0.3) is 0 Å². The predicted molar refractivity (Wildman–Crippen MR) is 78.2 cm³/mol. The van der Waals surface area contributed by atoms with Crippen molar-refractivity contribution in [1.82, 2.24) is 0 Å². The van der Waals surface area contributed by atoms with E-state index in [1.54, 1.807) is 6.92 Å². The molecule has 0 radical (unpaired) electrons. The van der Waals surface area contributed by atoms with Crippen molar-refractivity contribution < 1.29 is 24.2 Å². The summed E-state index contributed by atoms with van der Waals surface area (Å²) >= 11 is 0. The second-order valence-electron chi connectivity index (χ2n) is 4.07. The van der Waals surface area contributed by atoms with Gasteiger partial charge in [-0.1, -0.05) is 26.5 Å². The minimum atomic E-state index is -0.405. The van der Waals surface area contributed by atoms with E-state index in [0.717, 1.165) is 18.9 Å². The highest BCUT2D eigenvalue weighted by molar-refractivity contribution is 5.86. The first-order valence-electron chi connectivity index (χ1n) is 6.72. The van der Waals surface area contributed by atoms with Crippen LogP contribution in [0.4, 0.5) is 0 Å². The largest absolute Gasteiger partial charge is 0.463 e. The van der Waals surface area contributed by atoms with Crippen molar-refractivity contribution in [2.75, 3.05) is 19.8 Å². The number of aliphatic hydroxyl groups excluding tert-OH is 1. The summed E-state index contributed by atoms with van der Waals surface area (Å²) in [7, 11) is 0. The maximum absolute atomic E-state index is 10.7. The predicted octanol–water partition coefficient (Wildman–Crippen LogP) is 2.39. The molecule has 20 heavy (non-hydrogen) atoms. The van der Waals surface area contributed by atoms with Crippen molar-refractivity contribution in [3.05, 3.63) is 24.8 Å². The summed E-state index contributed by atoms with van der Waals surface area (Å²) in [6, 6.07) is 0. The van der Waals surface area contributed by atoms with E-state index >= 15 is 0 Å². The highest BCUT2D eigenvalue weighted by Crippen LogP contribution is 1.94. The SMILES string of the molecule is C=C(C)C(=O)OCCCC.C=CC(=O)OCCCCO. The molecule has 0 unspecified atom stereocenters. The highest BCUT2D eigenvalue weighted by Gasteiger charge is 2.00. The van der Waals surface area contributed by atoms with E-state index < -0.39 is 5.97 Å². The molecule has 0 spiro atoms. The summed E-state index contributed by atoms with van der Waals surface area (Å²) in [5, 5.41) is 8.33. The smallest absolute Gasteiger partial charge is 0.333 e. The van der Waals surface area contributed by atoms with Gasteiger partial charge < -0.3 is 14.6 Å². The molecule has 1 N–H and O–H groups in total. The van der Waals surface area contributed by atoms with Crippen LogP contribution in [0.15, 0.2) is 24.8 Å². The molecule has 0 bridgehead atoms. The van der Waals surface area contributed by atoms with Gasteiger partial charge in [0.25, 0.3) is 0 Å². The maximum Gasteiger partial charge on any atom is 0.333 e. The summed E-state index contributed by atoms with van der Waals surface area (Å²) in [6.45, 7) is 11.4. The van der Waals surface area contributed by atoms with Crippen LogP contribution in [0.5, 0.6) is 0 Å². The molecule has 116 valence electrons. The van der Waals surface area contributed by atoms with E-state index in [1.807, 2.05) is 0 Å². The molecule has 0 aliphatic carbocycles. The van der Waals surface area contributed by atoms with Crippen molar-refractivity contribution >= 4 is 11.9 Å². The van der Waals surface area contributed by atoms with E-state index in [1.165, 1.54) is 0 Å². The molecular weight excluding hydrogens is 260 g/mol. The van der Waals surface area contributed by atoms with Crippen LogP contribution in [0.1, 0.15) is 39.5 Å². The van der Waals surface area contributed by atoms with Gasteiger partial charge in [0.05, 0.1) is 13.2 Å². The maximum atomic E-state index is 10.7. The second-order valence-corrected chi connectivity index (χ2v) is 4.07. The first kappa shape index (κ1) is 20.7. The van der Waals surface area contributed by atoms with Crippen LogP contribution in [0, 0.1) is 0 Å². The third kappa shape index (κ3) is 16.4. The van der Waals surface area contributed by atoms with Crippen molar-refractivity contribution in [1.29, 1.82) is 0 Å². The Kier molecular flexibility index (Phi) is 16.0. The minimum Gasteiger partial charge on any atom is -0.463 e. The third-order valence-electron chi connectivity index (χ3n) is 2.04. The van der Waals surface area contributed by atoms with E-state index in [0.29, 0.717) is 31.6 Å². The summed E-state index contributed by atoms with van der Waals surface area (Å²) in [4.78, 5) is 21.1. The Morgan fingerprint density at radius 2 is 1.75 bits per heavy atom. The molecule has 0 aliphatic rings. The van der Waals surface area contributed by atoms with Gasteiger partial charge in [0, 0.05) is 18.3 Å². The van der Waals surface area contributed by atoms with Gasteiger partial charge in [0.2, 0.25) is 0 Å². The van der Waals surface area contributed by atoms with Gasteiger partial charge in [-0.2, -0.15) is 0 Å². The first-order valence-corrected chi connectivity index (χ1v) is 6.72. The Morgan fingerprint density at radius 3 is 2.20 bits per heavy atom. The highest BCUT2D eigenvalue weighted by atomic mass is 16.5. The fourth-order valence-corrected chi connectivity index (χ4v) is 0.878. The molecule has 0 saturated heterocycles. The lowest BCUT2D eigenvalue weighted by atomic mass is 10.3. The van der Waals surface area contributed by atoms with Gasteiger partial charge in [-0.15, -0.1) is 0 Å². The van der Waals surface area contributed by atoms with Gasteiger partial charge in [-0.25, -0.2) is 9.59 Å². The topological polar surface area (TPSA) is 72.8 Å². The minimum absolute atomic E-state index is 0.144. The van der Waals surface area contributed by atoms with Gasteiger partial charge in [-0.3, -0.25) is 0 Å². The van der Waals surface area contributed by atoms with E-state index in [-0.39, 0.29) is 12.6 Å². The summed E-state index contributed by atoms with van der Waals surface area (Å²) in [5.41, 5.74) is 0.469. The summed E-state index contributed by atoms with van der Waals surface area (Å²) in [5.74, 6) is -0.689. The van der Waals surface area contributed by atoms with Crippen LogP contribution in [0.3, 0.4) is 0 Å². The zero-order valence-corrected chi connectivity index (χ0v) is 12.5. The number of carbonyl (C=O) groups excluding carboxylic acids is 2. The lowest BCUT2D eigenvalue weighted by Gasteiger charge is -2.01. The van der Waals surface area contributed by atoms with Crippen molar-refractivity contribution in [2.45, 2.75) is 39.5 Å². The Morgan fingerprint density at radius 1 is 1.15 bits per heavy atom. The van der Waals surface area contributed by atoms with Crippen LogP contribution < -0.4 is 0 Å². The van der Waals surface area contributed by atoms with Gasteiger partial charge in [-0.05, 0) is 26.2 Å². The number of hydrogen-bond acceptors (Lipinski definition) is 5. The fraction of sp³-hybridized carbons (Fsp3) is 0.600. The van der Waals surface area contributed by atoms with Crippen LogP contribution in [0.2, 0.25) is 0 Å². The summed E-state index contributed by atoms with van der Waals surface area (Å²) in [6.07, 6.45) is 4.47. The average molecular weight is 286 g/mol. The second kappa shape index (κ2) is 15.4.